The highest BCUT2D eigenvalue weighted by molar-refractivity contribution is 5.44. The molecule has 3 heteroatoms. The Morgan fingerprint density at radius 1 is 1.33 bits per heavy atom. The van der Waals surface area contributed by atoms with E-state index in [1.165, 1.54) is 6.07 Å². The predicted octanol–water partition coefficient (Wildman–Crippen LogP) is 2.47. The number of hydrogen-bond donors (Lipinski definition) is 2. The van der Waals surface area contributed by atoms with Gasteiger partial charge in [-0.15, -0.1) is 0 Å². The van der Waals surface area contributed by atoms with Crippen molar-refractivity contribution in [1.82, 2.24) is 0 Å². The smallest absolute Gasteiger partial charge is 0.146 e. The largest absolute Gasteiger partial charge is 0.382 e. The molecule has 0 aliphatic carbocycles. The standard InChI is InChI=1S/C12H19FN2/c1-9(2)10(7-14)8-15-12-6-4-3-5-11(12)13/h3-6,9-10,15H,7-8,14H2,1-2H3. The first kappa shape index (κ1) is 12.0. The van der Waals surface area contributed by atoms with Gasteiger partial charge in [0, 0.05) is 6.54 Å². The van der Waals surface area contributed by atoms with Crippen molar-refractivity contribution >= 4 is 5.69 Å². The molecule has 1 atom stereocenters. The third kappa shape index (κ3) is 3.51. The average molecular weight is 210 g/mol. The highest BCUT2D eigenvalue weighted by atomic mass is 19.1. The number of nitrogens with two attached hydrogens (primary N) is 1. The third-order valence-electron chi connectivity index (χ3n) is 2.67. The van der Waals surface area contributed by atoms with E-state index in [1.54, 1.807) is 12.1 Å². The molecule has 0 spiro atoms. The van der Waals surface area contributed by atoms with Gasteiger partial charge >= 0.3 is 0 Å². The van der Waals surface area contributed by atoms with E-state index >= 15 is 0 Å². The molecule has 0 fully saturated rings. The summed E-state index contributed by atoms with van der Waals surface area (Å²) in [6, 6.07) is 6.69. The minimum atomic E-state index is -0.211. The van der Waals surface area contributed by atoms with Gasteiger partial charge in [0.15, 0.2) is 0 Å². The molecule has 0 amide bonds. The summed E-state index contributed by atoms with van der Waals surface area (Å²) in [6.07, 6.45) is 0. The van der Waals surface area contributed by atoms with Crippen LogP contribution in [0.15, 0.2) is 24.3 Å². The summed E-state index contributed by atoms with van der Waals surface area (Å²) in [6.45, 7) is 5.59. The zero-order valence-corrected chi connectivity index (χ0v) is 9.33. The Balaban J connectivity index is 2.53. The molecule has 0 aromatic heterocycles. The minimum absolute atomic E-state index is 0.211. The summed E-state index contributed by atoms with van der Waals surface area (Å²) < 4.78 is 13.3. The highest BCUT2D eigenvalue weighted by Gasteiger charge is 2.11. The van der Waals surface area contributed by atoms with E-state index in [4.69, 9.17) is 5.73 Å². The van der Waals surface area contributed by atoms with Gasteiger partial charge in [-0.3, -0.25) is 0 Å². The van der Waals surface area contributed by atoms with Gasteiger partial charge in [-0.05, 0) is 30.5 Å². The molecular formula is C12H19FN2. The maximum Gasteiger partial charge on any atom is 0.146 e. The topological polar surface area (TPSA) is 38.0 Å². The molecule has 1 rings (SSSR count). The number of para-hydroxylation sites is 1. The molecule has 0 aliphatic rings. The van der Waals surface area contributed by atoms with Crippen molar-refractivity contribution in [2.24, 2.45) is 17.6 Å². The lowest BCUT2D eigenvalue weighted by molar-refractivity contribution is 0.412. The Morgan fingerprint density at radius 2 is 2.00 bits per heavy atom. The van der Waals surface area contributed by atoms with Gasteiger partial charge in [0.05, 0.1) is 5.69 Å². The summed E-state index contributed by atoms with van der Waals surface area (Å²) in [4.78, 5) is 0. The van der Waals surface area contributed by atoms with E-state index in [2.05, 4.69) is 19.2 Å². The number of rotatable bonds is 5. The Labute approximate surface area is 90.7 Å². The number of nitrogens with one attached hydrogen (secondary N) is 1. The fraction of sp³-hybridized carbons (Fsp3) is 0.500. The van der Waals surface area contributed by atoms with Gasteiger partial charge in [-0.25, -0.2) is 4.39 Å². The fourth-order valence-electron chi connectivity index (χ4n) is 1.44. The number of anilines is 1. The van der Waals surface area contributed by atoms with E-state index in [-0.39, 0.29) is 5.82 Å². The molecule has 0 saturated heterocycles. The van der Waals surface area contributed by atoms with Crippen molar-refractivity contribution in [3.05, 3.63) is 30.1 Å². The van der Waals surface area contributed by atoms with E-state index in [1.807, 2.05) is 6.07 Å². The second-order valence-corrected chi connectivity index (χ2v) is 4.10. The third-order valence-corrected chi connectivity index (χ3v) is 2.67. The Bertz CT molecular complexity index is 299. The first-order valence-corrected chi connectivity index (χ1v) is 5.33. The van der Waals surface area contributed by atoms with E-state index in [9.17, 15) is 4.39 Å². The van der Waals surface area contributed by atoms with Crippen LogP contribution in [-0.4, -0.2) is 13.1 Å². The summed E-state index contributed by atoms with van der Waals surface area (Å²) in [5.41, 5.74) is 6.19. The lowest BCUT2D eigenvalue weighted by atomic mass is 9.96. The molecule has 1 aromatic carbocycles. The van der Waals surface area contributed by atoms with Crippen LogP contribution in [0.25, 0.3) is 0 Å². The van der Waals surface area contributed by atoms with Gasteiger partial charge < -0.3 is 11.1 Å². The quantitative estimate of drug-likeness (QED) is 0.783. The summed E-state index contributed by atoms with van der Waals surface area (Å²) in [7, 11) is 0. The van der Waals surface area contributed by atoms with Gasteiger partial charge in [0.2, 0.25) is 0 Å². The summed E-state index contributed by atoms with van der Waals surface area (Å²) in [5.74, 6) is 0.677. The van der Waals surface area contributed by atoms with E-state index in [0.29, 0.717) is 24.1 Å². The minimum Gasteiger partial charge on any atom is -0.382 e. The molecular weight excluding hydrogens is 191 g/mol. The molecule has 0 radical (unpaired) electrons. The predicted molar refractivity (Wildman–Crippen MR) is 62.3 cm³/mol. The lowest BCUT2D eigenvalue weighted by Crippen LogP contribution is -2.27. The van der Waals surface area contributed by atoms with Crippen LogP contribution in [0.3, 0.4) is 0 Å². The molecule has 84 valence electrons. The fourth-order valence-corrected chi connectivity index (χ4v) is 1.44. The maximum atomic E-state index is 13.3. The van der Waals surface area contributed by atoms with Crippen LogP contribution >= 0.6 is 0 Å². The van der Waals surface area contributed by atoms with Crippen molar-refractivity contribution in [3.8, 4) is 0 Å². The van der Waals surface area contributed by atoms with Crippen LogP contribution in [-0.2, 0) is 0 Å². The van der Waals surface area contributed by atoms with Crippen molar-refractivity contribution in [2.75, 3.05) is 18.4 Å². The first-order chi connectivity index (χ1) is 7.15. The molecule has 1 aromatic rings. The average Bonchev–Trinajstić information content (AvgIpc) is 2.21. The lowest BCUT2D eigenvalue weighted by Gasteiger charge is -2.20. The molecule has 0 bridgehead atoms. The molecule has 1 unspecified atom stereocenters. The zero-order valence-electron chi connectivity index (χ0n) is 9.33. The van der Waals surface area contributed by atoms with Crippen LogP contribution in [0, 0.1) is 17.7 Å². The molecule has 3 N–H and O–H groups in total. The molecule has 0 saturated carbocycles. The Morgan fingerprint density at radius 3 is 2.53 bits per heavy atom. The number of benzene rings is 1. The maximum absolute atomic E-state index is 13.3. The van der Waals surface area contributed by atoms with Crippen molar-refractivity contribution < 1.29 is 4.39 Å². The van der Waals surface area contributed by atoms with Crippen LogP contribution in [0.4, 0.5) is 10.1 Å². The molecule has 2 nitrogen and oxygen atoms in total. The number of hydrogen-bond acceptors (Lipinski definition) is 2. The monoisotopic (exact) mass is 210 g/mol. The first-order valence-electron chi connectivity index (χ1n) is 5.33. The van der Waals surface area contributed by atoms with Gasteiger partial charge in [0.1, 0.15) is 5.82 Å². The van der Waals surface area contributed by atoms with Crippen molar-refractivity contribution in [3.63, 3.8) is 0 Å². The van der Waals surface area contributed by atoms with Gasteiger partial charge in [0.25, 0.3) is 0 Å². The molecule has 0 heterocycles. The van der Waals surface area contributed by atoms with Crippen LogP contribution in [0.1, 0.15) is 13.8 Å². The highest BCUT2D eigenvalue weighted by Crippen LogP contribution is 2.15. The Kier molecular flexibility index (Phi) is 4.56. The van der Waals surface area contributed by atoms with Crippen LogP contribution in [0.2, 0.25) is 0 Å². The zero-order chi connectivity index (χ0) is 11.3. The molecule has 15 heavy (non-hydrogen) atoms. The number of halogens is 1. The SMILES string of the molecule is CC(C)C(CN)CNc1ccccc1F. The second-order valence-electron chi connectivity index (χ2n) is 4.10. The van der Waals surface area contributed by atoms with Gasteiger partial charge in [-0.2, -0.15) is 0 Å². The van der Waals surface area contributed by atoms with E-state index in [0.717, 1.165) is 6.54 Å². The summed E-state index contributed by atoms with van der Waals surface area (Å²) >= 11 is 0. The van der Waals surface area contributed by atoms with Crippen LogP contribution < -0.4 is 11.1 Å². The van der Waals surface area contributed by atoms with Crippen molar-refractivity contribution in [2.45, 2.75) is 13.8 Å². The van der Waals surface area contributed by atoms with E-state index < -0.39 is 0 Å². The normalized spacial score (nSPS) is 12.9. The Hall–Kier alpha value is -1.09. The van der Waals surface area contributed by atoms with Gasteiger partial charge in [-0.1, -0.05) is 26.0 Å². The van der Waals surface area contributed by atoms with Crippen LogP contribution in [0.5, 0.6) is 0 Å². The molecule has 0 aliphatic heterocycles. The van der Waals surface area contributed by atoms with Crippen molar-refractivity contribution in [1.29, 1.82) is 0 Å². The summed E-state index contributed by atoms with van der Waals surface area (Å²) in [5, 5.41) is 3.09. The second kappa shape index (κ2) is 5.71.